The lowest BCUT2D eigenvalue weighted by Gasteiger charge is -2.27. The molecule has 3 unspecified atom stereocenters. The van der Waals surface area contributed by atoms with Gasteiger partial charge in [-0.2, -0.15) is 0 Å². The molecular formula is C14H29N3. The van der Waals surface area contributed by atoms with E-state index in [0.717, 1.165) is 30.8 Å². The minimum atomic E-state index is 0.492. The van der Waals surface area contributed by atoms with Gasteiger partial charge in [0.05, 0.1) is 0 Å². The van der Waals surface area contributed by atoms with Crippen molar-refractivity contribution in [2.45, 2.75) is 58.9 Å². The van der Waals surface area contributed by atoms with Gasteiger partial charge in [0, 0.05) is 19.6 Å². The van der Waals surface area contributed by atoms with Crippen LogP contribution in [-0.4, -0.2) is 25.6 Å². The van der Waals surface area contributed by atoms with Gasteiger partial charge < -0.3 is 10.6 Å². The summed E-state index contributed by atoms with van der Waals surface area (Å²) in [5.74, 6) is 2.69. The van der Waals surface area contributed by atoms with Gasteiger partial charge in [-0.15, -0.1) is 0 Å². The lowest BCUT2D eigenvalue weighted by Crippen LogP contribution is -2.44. The van der Waals surface area contributed by atoms with Crippen molar-refractivity contribution >= 4 is 5.96 Å². The van der Waals surface area contributed by atoms with E-state index in [9.17, 15) is 0 Å². The second-order valence-corrected chi connectivity index (χ2v) is 5.54. The van der Waals surface area contributed by atoms with Gasteiger partial charge in [0.15, 0.2) is 5.96 Å². The van der Waals surface area contributed by atoms with Gasteiger partial charge in [-0.3, -0.25) is 4.99 Å². The number of rotatable bonds is 4. The van der Waals surface area contributed by atoms with Crippen molar-refractivity contribution in [1.82, 2.24) is 10.6 Å². The van der Waals surface area contributed by atoms with Gasteiger partial charge in [0.1, 0.15) is 0 Å². The van der Waals surface area contributed by atoms with E-state index in [1.807, 2.05) is 7.05 Å². The van der Waals surface area contributed by atoms with Crippen molar-refractivity contribution in [3.05, 3.63) is 0 Å². The fourth-order valence-electron chi connectivity index (χ4n) is 2.52. The van der Waals surface area contributed by atoms with Crippen molar-refractivity contribution in [1.29, 1.82) is 0 Å². The Hall–Kier alpha value is -0.730. The molecule has 1 aliphatic rings. The molecule has 1 aliphatic carbocycles. The molecule has 3 nitrogen and oxygen atoms in total. The van der Waals surface area contributed by atoms with Crippen LogP contribution in [0.2, 0.25) is 0 Å². The first kappa shape index (κ1) is 14.3. The summed E-state index contributed by atoms with van der Waals surface area (Å²) in [6, 6.07) is 0.492. The van der Waals surface area contributed by atoms with E-state index < -0.39 is 0 Å². The molecule has 1 fully saturated rings. The van der Waals surface area contributed by atoms with Crippen LogP contribution in [0.25, 0.3) is 0 Å². The molecule has 0 heterocycles. The molecule has 100 valence electrons. The van der Waals surface area contributed by atoms with Crippen molar-refractivity contribution < 1.29 is 0 Å². The Morgan fingerprint density at radius 3 is 2.76 bits per heavy atom. The molecule has 0 aliphatic heterocycles. The Labute approximate surface area is 106 Å². The molecule has 0 spiro atoms. The molecule has 0 saturated heterocycles. The smallest absolute Gasteiger partial charge is 0.191 e. The highest BCUT2D eigenvalue weighted by Crippen LogP contribution is 2.27. The zero-order chi connectivity index (χ0) is 12.7. The van der Waals surface area contributed by atoms with E-state index in [1.54, 1.807) is 0 Å². The number of nitrogens with one attached hydrogen (secondary N) is 2. The summed E-state index contributed by atoms with van der Waals surface area (Å²) >= 11 is 0. The maximum atomic E-state index is 4.27. The summed E-state index contributed by atoms with van der Waals surface area (Å²) in [5, 5.41) is 6.87. The van der Waals surface area contributed by atoms with E-state index in [4.69, 9.17) is 0 Å². The molecule has 0 aromatic carbocycles. The quantitative estimate of drug-likeness (QED) is 0.584. The summed E-state index contributed by atoms with van der Waals surface area (Å²) in [6.45, 7) is 7.82. The topological polar surface area (TPSA) is 36.4 Å². The Morgan fingerprint density at radius 2 is 2.18 bits per heavy atom. The number of hydrogen-bond donors (Lipinski definition) is 2. The molecule has 0 bridgehead atoms. The average Bonchev–Trinajstić information content (AvgIpc) is 2.34. The molecule has 1 saturated carbocycles. The second-order valence-electron chi connectivity index (χ2n) is 5.54. The monoisotopic (exact) mass is 239 g/mol. The van der Waals surface area contributed by atoms with Crippen molar-refractivity contribution in [2.24, 2.45) is 16.8 Å². The van der Waals surface area contributed by atoms with E-state index in [-0.39, 0.29) is 0 Å². The fraction of sp³-hybridized carbons (Fsp3) is 0.929. The minimum absolute atomic E-state index is 0.492. The van der Waals surface area contributed by atoms with Gasteiger partial charge in [0.2, 0.25) is 0 Å². The maximum absolute atomic E-state index is 4.27. The zero-order valence-electron chi connectivity index (χ0n) is 11.9. The highest BCUT2D eigenvalue weighted by molar-refractivity contribution is 5.79. The normalized spacial score (nSPS) is 27.6. The van der Waals surface area contributed by atoms with Gasteiger partial charge in [0.25, 0.3) is 0 Å². The van der Waals surface area contributed by atoms with Crippen LogP contribution in [-0.2, 0) is 0 Å². The summed E-state index contributed by atoms with van der Waals surface area (Å²) in [6.07, 6.45) is 6.67. The highest BCUT2D eigenvalue weighted by atomic mass is 15.2. The Morgan fingerprint density at radius 1 is 1.41 bits per heavy atom. The van der Waals surface area contributed by atoms with Crippen LogP contribution in [0.4, 0.5) is 0 Å². The van der Waals surface area contributed by atoms with E-state index in [2.05, 4.69) is 36.4 Å². The van der Waals surface area contributed by atoms with E-state index >= 15 is 0 Å². The lowest BCUT2D eigenvalue weighted by atomic mass is 9.82. The van der Waals surface area contributed by atoms with Crippen molar-refractivity contribution in [3.63, 3.8) is 0 Å². The van der Waals surface area contributed by atoms with Crippen LogP contribution in [0.3, 0.4) is 0 Å². The molecule has 3 atom stereocenters. The van der Waals surface area contributed by atoms with Crippen LogP contribution in [0.1, 0.15) is 52.9 Å². The molecule has 0 aromatic heterocycles. The fourth-order valence-corrected chi connectivity index (χ4v) is 2.52. The van der Waals surface area contributed by atoms with Crippen LogP contribution in [0.5, 0.6) is 0 Å². The average molecular weight is 239 g/mol. The molecular weight excluding hydrogens is 210 g/mol. The van der Waals surface area contributed by atoms with Gasteiger partial charge in [-0.1, -0.05) is 26.7 Å². The third-order valence-corrected chi connectivity index (χ3v) is 3.82. The summed E-state index contributed by atoms with van der Waals surface area (Å²) in [7, 11) is 1.85. The van der Waals surface area contributed by atoms with Crippen LogP contribution < -0.4 is 10.6 Å². The van der Waals surface area contributed by atoms with Crippen LogP contribution in [0, 0.1) is 11.8 Å². The van der Waals surface area contributed by atoms with Crippen molar-refractivity contribution in [2.75, 3.05) is 13.6 Å². The molecule has 17 heavy (non-hydrogen) atoms. The Bertz CT molecular complexity index is 238. The summed E-state index contributed by atoms with van der Waals surface area (Å²) in [5.41, 5.74) is 0. The first-order valence-electron chi connectivity index (χ1n) is 7.12. The van der Waals surface area contributed by atoms with E-state index in [0.29, 0.717) is 6.04 Å². The predicted molar refractivity (Wildman–Crippen MR) is 75.4 cm³/mol. The highest BCUT2D eigenvalue weighted by Gasteiger charge is 2.18. The number of aliphatic imine (C=N–C) groups is 1. The summed E-state index contributed by atoms with van der Waals surface area (Å²) in [4.78, 5) is 4.27. The standard InChI is InChI=1S/C14H29N3/c1-5-12(3)17-14(15-4)16-10-13-8-6-7-11(2)9-13/h11-13H,5-10H2,1-4H3,(H2,15,16,17). The Kier molecular flexibility index (Phi) is 6.38. The van der Waals surface area contributed by atoms with Crippen LogP contribution >= 0.6 is 0 Å². The third kappa shape index (κ3) is 5.42. The molecule has 0 amide bonds. The third-order valence-electron chi connectivity index (χ3n) is 3.82. The SMILES string of the molecule is CCC(C)NC(=NC)NCC1CCCC(C)C1. The molecule has 1 rings (SSSR count). The van der Waals surface area contributed by atoms with Gasteiger partial charge in [-0.05, 0) is 38.0 Å². The number of guanidine groups is 1. The Balaban J connectivity index is 2.27. The first-order chi connectivity index (χ1) is 8.15. The van der Waals surface area contributed by atoms with Crippen molar-refractivity contribution in [3.8, 4) is 0 Å². The predicted octanol–water partition coefficient (Wildman–Crippen LogP) is 2.78. The molecule has 0 aromatic rings. The van der Waals surface area contributed by atoms with Gasteiger partial charge in [-0.25, -0.2) is 0 Å². The first-order valence-corrected chi connectivity index (χ1v) is 7.12. The number of nitrogens with zero attached hydrogens (tertiary/aromatic N) is 1. The number of hydrogen-bond acceptors (Lipinski definition) is 1. The van der Waals surface area contributed by atoms with E-state index in [1.165, 1.54) is 25.7 Å². The second kappa shape index (κ2) is 7.57. The molecule has 2 N–H and O–H groups in total. The molecule has 3 heteroatoms. The lowest BCUT2D eigenvalue weighted by molar-refractivity contribution is 0.282. The van der Waals surface area contributed by atoms with Crippen LogP contribution in [0.15, 0.2) is 4.99 Å². The van der Waals surface area contributed by atoms with Gasteiger partial charge >= 0.3 is 0 Å². The zero-order valence-corrected chi connectivity index (χ0v) is 11.9. The molecule has 0 radical (unpaired) electrons. The maximum Gasteiger partial charge on any atom is 0.191 e. The minimum Gasteiger partial charge on any atom is -0.356 e. The largest absolute Gasteiger partial charge is 0.356 e. The summed E-state index contributed by atoms with van der Waals surface area (Å²) < 4.78 is 0.